The van der Waals surface area contributed by atoms with Crippen LogP contribution in [0.1, 0.15) is 43.2 Å². The van der Waals surface area contributed by atoms with Gasteiger partial charge in [0.2, 0.25) is 5.88 Å². The van der Waals surface area contributed by atoms with Gasteiger partial charge in [-0.15, -0.1) is 0 Å². The highest BCUT2D eigenvalue weighted by atomic mass is 16.6. The molecule has 0 bridgehead atoms. The van der Waals surface area contributed by atoms with Gasteiger partial charge < -0.3 is 19.3 Å². The van der Waals surface area contributed by atoms with Crippen molar-refractivity contribution in [1.29, 1.82) is 0 Å². The number of hydrogen-bond donors (Lipinski definition) is 1. The lowest BCUT2D eigenvalue weighted by molar-refractivity contribution is -0.102. The lowest BCUT2D eigenvalue weighted by Gasteiger charge is -2.25. The first-order valence-electron chi connectivity index (χ1n) is 11.4. The summed E-state index contributed by atoms with van der Waals surface area (Å²) < 4.78 is 18.5. The Morgan fingerprint density at radius 2 is 2.10 bits per heavy atom. The predicted octanol–water partition coefficient (Wildman–Crippen LogP) is 2.50. The van der Waals surface area contributed by atoms with E-state index in [2.05, 4.69) is 23.2 Å². The van der Waals surface area contributed by atoms with E-state index in [9.17, 15) is 9.90 Å². The Morgan fingerprint density at radius 1 is 1.23 bits per heavy atom. The Morgan fingerprint density at radius 3 is 2.90 bits per heavy atom. The molecular weight excluding hydrogens is 396 g/mol. The summed E-state index contributed by atoms with van der Waals surface area (Å²) in [7, 11) is 0. The molecule has 166 valence electrons. The van der Waals surface area contributed by atoms with E-state index in [0.717, 1.165) is 56.2 Å². The third-order valence-electron chi connectivity index (χ3n) is 6.75. The molecule has 7 heteroatoms. The van der Waals surface area contributed by atoms with Crippen LogP contribution in [0.3, 0.4) is 0 Å². The van der Waals surface area contributed by atoms with Gasteiger partial charge in [0.1, 0.15) is 12.7 Å². The second-order valence-corrected chi connectivity index (χ2v) is 8.97. The van der Waals surface area contributed by atoms with Gasteiger partial charge in [0, 0.05) is 18.2 Å². The SMILES string of the molecule is O=c1nc(OC[C@H]2COCCO2)cc2n1CCc1cc(CCC3(O)CCCC3)ccc1-2. The molecule has 3 aliphatic rings. The van der Waals surface area contributed by atoms with E-state index < -0.39 is 5.60 Å². The Bertz CT molecular complexity index is 990. The van der Waals surface area contributed by atoms with E-state index >= 15 is 0 Å². The molecule has 5 rings (SSSR count). The highest BCUT2D eigenvalue weighted by Gasteiger charge is 2.30. The van der Waals surface area contributed by atoms with Crippen molar-refractivity contribution in [3.8, 4) is 17.1 Å². The fourth-order valence-corrected chi connectivity index (χ4v) is 4.96. The molecule has 1 aromatic carbocycles. The van der Waals surface area contributed by atoms with Crippen molar-refractivity contribution in [3.63, 3.8) is 0 Å². The number of ether oxygens (including phenoxy) is 3. The van der Waals surface area contributed by atoms with Crippen LogP contribution in [-0.2, 0) is 28.9 Å². The minimum atomic E-state index is -0.485. The Hall–Kier alpha value is -2.22. The molecule has 31 heavy (non-hydrogen) atoms. The number of hydrogen-bond acceptors (Lipinski definition) is 6. The van der Waals surface area contributed by atoms with Crippen LogP contribution in [0.4, 0.5) is 0 Å². The molecule has 1 atom stereocenters. The maximum atomic E-state index is 12.6. The monoisotopic (exact) mass is 426 g/mol. The Balaban J connectivity index is 1.33. The van der Waals surface area contributed by atoms with E-state index in [1.54, 1.807) is 4.57 Å². The van der Waals surface area contributed by atoms with Crippen LogP contribution in [0, 0.1) is 0 Å². The van der Waals surface area contributed by atoms with E-state index in [0.29, 0.717) is 38.9 Å². The van der Waals surface area contributed by atoms with Crippen LogP contribution < -0.4 is 10.4 Å². The number of rotatable bonds is 6. The molecule has 1 aromatic heterocycles. The van der Waals surface area contributed by atoms with Crippen molar-refractivity contribution in [2.45, 2.75) is 63.2 Å². The molecule has 2 aromatic rings. The van der Waals surface area contributed by atoms with Gasteiger partial charge in [-0.25, -0.2) is 4.79 Å². The molecule has 0 spiro atoms. The zero-order valence-electron chi connectivity index (χ0n) is 17.8. The van der Waals surface area contributed by atoms with E-state index in [4.69, 9.17) is 14.2 Å². The van der Waals surface area contributed by atoms with Crippen molar-refractivity contribution in [2.75, 3.05) is 26.4 Å². The average Bonchev–Trinajstić information content (AvgIpc) is 3.23. The minimum Gasteiger partial charge on any atom is -0.475 e. The second-order valence-electron chi connectivity index (χ2n) is 8.97. The van der Waals surface area contributed by atoms with Crippen LogP contribution in [0.25, 0.3) is 11.3 Å². The molecule has 1 saturated heterocycles. The summed E-state index contributed by atoms with van der Waals surface area (Å²) in [5.41, 5.74) is 3.60. The van der Waals surface area contributed by atoms with Gasteiger partial charge in [-0.05, 0) is 43.2 Å². The maximum Gasteiger partial charge on any atom is 0.351 e. The van der Waals surface area contributed by atoms with Gasteiger partial charge in [0.05, 0.1) is 31.1 Å². The predicted molar refractivity (Wildman–Crippen MR) is 115 cm³/mol. The molecule has 0 radical (unpaired) electrons. The largest absolute Gasteiger partial charge is 0.475 e. The van der Waals surface area contributed by atoms with Gasteiger partial charge >= 0.3 is 5.69 Å². The molecule has 1 saturated carbocycles. The summed E-state index contributed by atoms with van der Waals surface area (Å²) in [6.45, 7) is 2.57. The molecule has 1 aliphatic carbocycles. The van der Waals surface area contributed by atoms with Gasteiger partial charge in [0.15, 0.2) is 0 Å². The van der Waals surface area contributed by atoms with Crippen LogP contribution in [-0.4, -0.2) is 52.8 Å². The van der Waals surface area contributed by atoms with Crippen molar-refractivity contribution < 1.29 is 19.3 Å². The summed E-state index contributed by atoms with van der Waals surface area (Å²) in [5.74, 6) is 0.325. The molecule has 0 amide bonds. The molecule has 2 aliphatic heterocycles. The summed E-state index contributed by atoms with van der Waals surface area (Å²) >= 11 is 0. The number of fused-ring (bicyclic) bond motifs is 3. The van der Waals surface area contributed by atoms with E-state index in [-0.39, 0.29) is 11.8 Å². The second kappa shape index (κ2) is 8.73. The van der Waals surface area contributed by atoms with Crippen molar-refractivity contribution in [3.05, 3.63) is 45.9 Å². The van der Waals surface area contributed by atoms with Crippen LogP contribution in [0.5, 0.6) is 5.88 Å². The number of nitrogens with zero attached hydrogens (tertiary/aromatic N) is 2. The summed E-state index contributed by atoms with van der Waals surface area (Å²) in [5, 5.41) is 10.7. The van der Waals surface area contributed by atoms with Gasteiger partial charge in [0.25, 0.3) is 0 Å². The van der Waals surface area contributed by atoms with Gasteiger partial charge in [-0.1, -0.05) is 31.0 Å². The normalized spacial score (nSPS) is 22.0. The number of aliphatic hydroxyl groups is 1. The summed E-state index contributed by atoms with van der Waals surface area (Å²) in [6, 6.07) is 8.29. The van der Waals surface area contributed by atoms with E-state index in [1.807, 2.05) is 6.07 Å². The lowest BCUT2D eigenvalue weighted by atomic mass is 9.90. The molecule has 7 nitrogen and oxygen atoms in total. The quantitative estimate of drug-likeness (QED) is 0.764. The Kier molecular flexibility index (Phi) is 5.82. The van der Waals surface area contributed by atoms with Crippen LogP contribution in [0.15, 0.2) is 29.1 Å². The van der Waals surface area contributed by atoms with Crippen molar-refractivity contribution >= 4 is 0 Å². The Labute approximate surface area is 182 Å². The van der Waals surface area contributed by atoms with Crippen LogP contribution in [0.2, 0.25) is 0 Å². The fraction of sp³-hybridized carbons (Fsp3) is 0.583. The standard InChI is InChI=1S/C24H30N2O5/c27-23-25-22(31-16-19-15-29-11-12-30-19)14-21-20-4-3-17(13-18(20)6-10-26(21)23)5-9-24(28)7-1-2-8-24/h3-4,13-14,19,28H,1-2,5-12,15-16H2/t19-/m1/s1. The zero-order valence-corrected chi connectivity index (χ0v) is 17.8. The molecular formula is C24H30N2O5. The van der Waals surface area contributed by atoms with Gasteiger partial charge in [-0.2, -0.15) is 4.98 Å². The minimum absolute atomic E-state index is 0.140. The number of benzene rings is 1. The number of aryl methyl sites for hydroxylation is 2. The molecule has 0 unspecified atom stereocenters. The third-order valence-corrected chi connectivity index (χ3v) is 6.75. The highest BCUT2D eigenvalue weighted by Crippen LogP contribution is 2.35. The highest BCUT2D eigenvalue weighted by molar-refractivity contribution is 5.67. The topological polar surface area (TPSA) is 82.8 Å². The average molecular weight is 427 g/mol. The number of aromatic nitrogens is 2. The first-order valence-corrected chi connectivity index (χ1v) is 11.4. The summed E-state index contributed by atoms with van der Waals surface area (Å²) in [6.07, 6.45) is 6.45. The molecule has 2 fully saturated rings. The fourth-order valence-electron chi connectivity index (χ4n) is 4.96. The third kappa shape index (κ3) is 4.54. The summed E-state index contributed by atoms with van der Waals surface area (Å²) in [4.78, 5) is 16.7. The zero-order chi connectivity index (χ0) is 21.3. The lowest BCUT2D eigenvalue weighted by Crippen LogP contribution is -2.34. The van der Waals surface area contributed by atoms with Crippen LogP contribution >= 0.6 is 0 Å². The van der Waals surface area contributed by atoms with Gasteiger partial charge in [-0.3, -0.25) is 4.57 Å². The molecule has 1 N–H and O–H groups in total. The molecule has 3 heterocycles. The first-order chi connectivity index (χ1) is 15.1. The van der Waals surface area contributed by atoms with Crippen molar-refractivity contribution in [1.82, 2.24) is 9.55 Å². The maximum absolute atomic E-state index is 12.6. The van der Waals surface area contributed by atoms with E-state index in [1.165, 1.54) is 11.1 Å². The smallest absolute Gasteiger partial charge is 0.351 e. The van der Waals surface area contributed by atoms with Crippen molar-refractivity contribution in [2.24, 2.45) is 0 Å². The first kappa shape index (κ1) is 20.7.